The lowest BCUT2D eigenvalue weighted by Crippen LogP contribution is -2.17. The average molecular weight is 245 g/mol. The van der Waals surface area contributed by atoms with Gasteiger partial charge in [0.2, 0.25) is 0 Å². The first kappa shape index (κ1) is 13.1. The monoisotopic (exact) mass is 245 g/mol. The molecule has 0 aliphatic rings. The second kappa shape index (κ2) is 5.97. The van der Waals surface area contributed by atoms with Crippen LogP contribution < -0.4 is 10.6 Å². The van der Waals surface area contributed by atoms with E-state index in [-0.39, 0.29) is 18.2 Å². The molecule has 2 N–H and O–H groups in total. The number of rotatable bonds is 5. The van der Waals surface area contributed by atoms with E-state index in [9.17, 15) is 13.6 Å². The normalized spacial score (nSPS) is 9.88. The smallest absolute Gasteiger partial charge is 0.325 e. The average Bonchev–Trinajstić information content (AvgIpc) is 2.30. The number of hydrogen-bond acceptors (Lipinski definition) is 5. The Bertz CT molecular complexity index is 413. The van der Waals surface area contributed by atoms with Gasteiger partial charge >= 0.3 is 5.97 Å². The van der Waals surface area contributed by atoms with Crippen molar-refractivity contribution in [1.29, 1.82) is 0 Å². The van der Waals surface area contributed by atoms with E-state index in [1.54, 1.807) is 6.92 Å². The van der Waals surface area contributed by atoms with Crippen LogP contribution in [-0.2, 0) is 9.53 Å². The van der Waals surface area contributed by atoms with Crippen LogP contribution in [0.5, 0.6) is 0 Å². The largest absolute Gasteiger partial charge is 0.468 e. The van der Waals surface area contributed by atoms with Crippen LogP contribution >= 0.6 is 0 Å². The number of ether oxygens (including phenoxy) is 1. The number of nitrogens with one attached hydrogen (secondary N) is 2. The van der Waals surface area contributed by atoms with Gasteiger partial charge in [-0.3, -0.25) is 4.79 Å². The summed E-state index contributed by atoms with van der Waals surface area (Å²) < 4.78 is 30.9. The lowest BCUT2D eigenvalue weighted by atomic mass is 10.4. The van der Waals surface area contributed by atoms with Crippen molar-refractivity contribution in [3.05, 3.63) is 17.7 Å². The Hall–Kier alpha value is -1.92. The maximum absolute atomic E-state index is 13.3. The number of carbonyl (C=O) groups is 1. The number of carbonyl (C=O) groups excluding carboxylic acids is 1. The highest BCUT2D eigenvalue weighted by Crippen LogP contribution is 2.18. The predicted molar refractivity (Wildman–Crippen MR) is 58.8 cm³/mol. The molecule has 7 heteroatoms. The second-order valence-electron chi connectivity index (χ2n) is 3.11. The molecule has 0 bridgehead atoms. The van der Waals surface area contributed by atoms with Gasteiger partial charge in [-0.1, -0.05) is 0 Å². The van der Waals surface area contributed by atoms with Crippen LogP contribution in [0.25, 0.3) is 0 Å². The minimum atomic E-state index is -0.868. The van der Waals surface area contributed by atoms with Crippen molar-refractivity contribution >= 4 is 17.6 Å². The lowest BCUT2D eigenvalue weighted by molar-refractivity contribution is -0.138. The molecule has 0 radical (unpaired) electrons. The zero-order chi connectivity index (χ0) is 12.8. The second-order valence-corrected chi connectivity index (χ2v) is 3.11. The maximum Gasteiger partial charge on any atom is 0.325 e. The molecule has 0 aliphatic heterocycles. The van der Waals surface area contributed by atoms with Gasteiger partial charge in [0.25, 0.3) is 0 Å². The number of methoxy groups -OCH3 is 1. The van der Waals surface area contributed by atoms with E-state index in [1.165, 1.54) is 7.11 Å². The minimum Gasteiger partial charge on any atom is -0.468 e. The summed E-state index contributed by atoms with van der Waals surface area (Å²) in [5.74, 6) is -2.49. The van der Waals surface area contributed by atoms with Gasteiger partial charge in [-0.05, 0) is 6.92 Å². The third-order valence-electron chi connectivity index (χ3n) is 1.90. The highest BCUT2D eigenvalue weighted by Gasteiger charge is 2.12. The Morgan fingerprint density at radius 2 is 1.94 bits per heavy atom. The van der Waals surface area contributed by atoms with Crippen LogP contribution in [0.1, 0.15) is 6.92 Å². The van der Waals surface area contributed by atoms with E-state index in [4.69, 9.17) is 0 Å². The Morgan fingerprint density at radius 3 is 2.47 bits per heavy atom. The highest BCUT2D eigenvalue weighted by molar-refractivity contribution is 5.74. The molecule has 0 amide bonds. The molecule has 17 heavy (non-hydrogen) atoms. The molecule has 0 spiro atoms. The van der Waals surface area contributed by atoms with Crippen LogP contribution in [0, 0.1) is 11.6 Å². The van der Waals surface area contributed by atoms with Crippen LogP contribution in [0.3, 0.4) is 0 Å². The molecule has 0 fully saturated rings. The first-order chi connectivity index (χ1) is 8.08. The van der Waals surface area contributed by atoms with Gasteiger partial charge < -0.3 is 15.4 Å². The third-order valence-corrected chi connectivity index (χ3v) is 1.90. The van der Waals surface area contributed by atoms with Crippen molar-refractivity contribution in [2.45, 2.75) is 6.92 Å². The fraction of sp³-hybridized carbons (Fsp3) is 0.400. The SMILES string of the molecule is CCNc1nc(NCC(=O)OC)c(F)cc1F. The number of pyridine rings is 1. The molecular weight excluding hydrogens is 232 g/mol. The number of esters is 1. The van der Waals surface area contributed by atoms with Gasteiger partial charge in [-0.25, -0.2) is 13.8 Å². The summed E-state index contributed by atoms with van der Waals surface area (Å²) >= 11 is 0. The van der Waals surface area contributed by atoms with Crippen LogP contribution in [0.2, 0.25) is 0 Å². The maximum atomic E-state index is 13.3. The first-order valence-electron chi connectivity index (χ1n) is 4.99. The lowest BCUT2D eigenvalue weighted by Gasteiger charge is -2.09. The molecule has 0 saturated carbocycles. The van der Waals surface area contributed by atoms with Gasteiger partial charge in [0.1, 0.15) is 6.54 Å². The Balaban J connectivity index is 2.83. The predicted octanol–water partition coefficient (Wildman–Crippen LogP) is 1.38. The summed E-state index contributed by atoms with van der Waals surface area (Å²) in [5, 5.41) is 5.06. The summed E-state index contributed by atoms with van der Waals surface area (Å²) in [4.78, 5) is 14.5. The molecule has 1 aromatic heterocycles. The zero-order valence-electron chi connectivity index (χ0n) is 9.51. The molecular formula is C10H13F2N3O2. The summed E-state index contributed by atoms with van der Waals surface area (Å²) in [7, 11) is 1.21. The molecule has 1 aromatic rings. The van der Waals surface area contributed by atoms with E-state index in [0.717, 1.165) is 0 Å². The fourth-order valence-corrected chi connectivity index (χ4v) is 1.11. The molecule has 0 aromatic carbocycles. The topological polar surface area (TPSA) is 63.2 Å². The van der Waals surface area contributed by atoms with Gasteiger partial charge in [-0.2, -0.15) is 0 Å². The first-order valence-corrected chi connectivity index (χ1v) is 4.99. The van der Waals surface area contributed by atoms with E-state index >= 15 is 0 Å². The minimum absolute atomic E-state index is 0.0683. The van der Waals surface area contributed by atoms with Crippen molar-refractivity contribution in [1.82, 2.24) is 4.98 Å². The van der Waals surface area contributed by atoms with Crippen molar-refractivity contribution in [2.24, 2.45) is 0 Å². The van der Waals surface area contributed by atoms with Crippen molar-refractivity contribution in [2.75, 3.05) is 30.8 Å². The number of nitrogens with zero attached hydrogens (tertiary/aromatic N) is 1. The van der Waals surface area contributed by atoms with Crippen molar-refractivity contribution in [3.63, 3.8) is 0 Å². The molecule has 94 valence electrons. The molecule has 1 heterocycles. The zero-order valence-corrected chi connectivity index (χ0v) is 9.51. The highest BCUT2D eigenvalue weighted by atomic mass is 19.1. The molecule has 5 nitrogen and oxygen atoms in total. The molecule has 0 atom stereocenters. The van der Waals surface area contributed by atoms with Gasteiger partial charge in [0.05, 0.1) is 7.11 Å². The standard InChI is InChI=1S/C10H13F2N3O2/c1-3-13-9-6(11)4-7(12)10(15-9)14-5-8(16)17-2/h4H,3,5H2,1-2H3,(H2,13,14,15). The molecule has 0 saturated heterocycles. The van der Waals surface area contributed by atoms with Gasteiger partial charge in [0.15, 0.2) is 23.3 Å². The van der Waals surface area contributed by atoms with E-state index in [2.05, 4.69) is 20.4 Å². The summed E-state index contributed by atoms with van der Waals surface area (Å²) in [5.41, 5.74) is 0. The van der Waals surface area contributed by atoms with Crippen LogP contribution in [0.4, 0.5) is 20.4 Å². The molecule has 0 unspecified atom stereocenters. The molecule has 1 rings (SSSR count). The van der Waals surface area contributed by atoms with Gasteiger partial charge in [-0.15, -0.1) is 0 Å². The Labute approximate surface area is 97.2 Å². The Morgan fingerprint density at radius 1 is 1.35 bits per heavy atom. The number of aromatic nitrogens is 1. The quantitative estimate of drug-likeness (QED) is 0.767. The van der Waals surface area contributed by atoms with Crippen molar-refractivity contribution in [3.8, 4) is 0 Å². The van der Waals surface area contributed by atoms with E-state index < -0.39 is 17.6 Å². The molecule has 0 aliphatic carbocycles. The summed E-state index contributed by atoms with van der Waals surface area (Å²) in [6.45, 7) is 1.97. The summed E-state index contributed by atoms with van der Waals surface area (Å²) in [6.07, 6.45) is 0. The van der Waals surface area contributed by atoms with Crippen molar-refractivity contribution < 1.29 is 18.3 Å². The third kappa shape index (κ3) is 3.54. The number of halogens is 2. The van der Waals surface area contributed by atoms with Gasteiger partial charge in [0, 0.05) is 12.6 Å². The van der Waals surface area contributed by atoms with Crippen LogP contribution in [0.15, 0.2) is 6.07 Å². The van der Waals surface area contributed by atoms with E-state index in [1.807, 2.05) is 0 Å². The van der Waals surface area contributed by atoms with Crippen LogP contribution in [-0.4, -0.2) is 31.2 Å². The Kier molecular flexibility index (Phi) is 4.62. The fourth-order valence-electron chi connectivity index (χ4n) is 1.11. The summed E-state index contributed by atoms with van der Waals surface area (Å²) in [6, 6.07) is 0.699. The van der Waals surface area contributed by atoms with E-state index in [0.29, 0.717) is 12.6 Å². The number of hydrogen-bond donors (Lipinski definition) is 2. The number of anilines is 2.